The summed E-state index contributed by atoms with van der Waals surface area (Å²) in [5.74, 6) is 0. The standard InChI is InChI=1S/C14H15N5/c1-11-8-12(2)18(16-11)9-13-10-19(17-15-13)14-6-4-3-5-7-14/h3-8,10H,9H2,1-2H3. The third-order valence-electron chi connectivity index (χ3n) is 2.98. The van der Waals surface area contributed by atoms with E-state index < -0.39 is 0 Å². The quantitative estimate of drug-likeness (QED) is 0.718. The van der Waals surface area contributed by atoms with Crippen molar-refractivity contribution in [2.45, 2.75) is 20.4 Å². The molecule has 1 aromatic carbocycles. The lowest BCUT2D eigenvalue weighted by molar-refractivity contribution is 0.644. The van der Waals surface area contributed by atoms with Crippen LogP contribution in [0.3, 0.4) is 0 Å². The van der Waals surface area contributed by atoms with E-state index in [9.17, 15) is 0 Å². The fourth-order valence-corrected chi connectivity index (χ4v) is 2.07. The summed E-state index contributed by atoms with van der Waals surface area (Å²) in [5, 5.41) is 12.8. The van der Waals surface area contributed by atoms with Gasteiger partial charge in [0.25, 0.3) is 0 Å². The first-order chi connectivity index (χ1) is 9.22. The molecule has 2 aromatic heterocycles. The molecular formula is C14H15N5. The summed E-state index contributed by atoms with van der Waals surface area (Å²) in [7, 11) is 0. The second-order valence-corrected chi connectivity index (χ2v) is 4.57. The van der Waals surface area contributed by atoms with Gasteiger partial charge in [-0.05, 0) is 32.0 Å². The summed E-state index contributed by atoms with van der Waals surface area (Å²) in [5.41, 5.74) is 4.06. The Morgan fingerprint density at radius 1 is 1.11 bits per heavy atom. The highest BCUT2D eigenvalue weighted by molar-refractivity contribution is 5.29. The summed E-state index contributed by atoms with van der Waals surface area (Å²) in [6.45, 7) is 4.68. The molecule has 0 N–H and O–H groups in total. The van der Waals surface area contributed by atoms with Crippen molar-refractivity contribution in [3.63, 3.8) is 0 Å². The van der Waals surface area contributed by atoms with Gasteiger partial charge in [-0.2, -0.15) is 5.10 Å². The number of hydrogen-bond acceptors (Lipinski definition) is 3. The molecule has 0 amide bonds. The molecule has 0 saturated heterocycles. The van der Waals surface area contributed by atoms with Crippen molar-refractivity contribution in [1.82, 2.24) is 24.8 Å². The molecule has 3 rings (SSSR count). The smallest absolute Gasteiger partial charge is 0.105 e. The molecule has 0 aliphatic heterocycles. The zero-order valence-corrected chi connectivity index (χ0v) is 11.0. The molecule has 0 saturated carbocycles. The molecule has 3 aromatic rings. The van der Waals surface area contributed by atoms with Crippen molar-refractivity contribution < 1.29 is 0 Å². The molecule has 0 aliphatic rings. The summed E-state index contributed by atoms with van der Waals surface area (Å²) < 4.78 is 3.72. The Bertz CT molecular complexity index is 681. The summed E-state index contributed by atoms with van der Waals surface area (Å²) in [6, 6.07) is 12.0. The predicted molar refractivity (Wildman–Crippen MR) is 72.2 cm³/mol. The number of benzene rings is 1. The molecule has 5 nitrogen and oxygen atoms in total. The average Bonchev–Trinajstić information content (AvgIpc) is 2.99. The van der Waals surface area contributed by atoms with Crippen molar-refractivity contribution in [3.05, 3.63) is 59.7 Å². The Kier molecular flexibility index (Phi) is 2.87. The lowest BCUT2D eigenvalue weighted by Gasteiger charge is -2.00. The van der Waals surface area contributed by atoms with Crippen LogP contribution in [0.1, 0.15) is 17.1 Å². The number of nitrogens with zero attached hydrogens (tertiary/aromatic N) is 5. The predicted octanol–water partition coefficient (Wildman–Crippen LogP) is 2.13. The Balaban J connectivity index is 1.84. The van der Waals surface area contributed by atoms with Gasteiger partial charge in [0.1, 0.15) is 5.69 Å². The van der Waals surface area contributed by atoms with E-state index in [-0.39, 0.29) is 0 Å². The van der Waals surface area contributed by atoms with Gasteiger partial charge in [-0.25, -0.2) is 4.68 Å². The van der Waals surface area contributed by atoms with Crippen LogP contribution in [0.2, 0.25) is 0 Å². The van der Waals surface area contributed by atoms with Crippen LogP contribution in [-0.4, -0.2) is 24.8 Å². The number of aryl methyl sites for hydroxylation is 2. The van der Waals surface area contributed by atoms with E-state index in [2.05, 4.69) is 21.5 Å². The average molecular weight is 253 g/mol. The fourth-order valence-electron chi connectivity index (χ4n) is 2.07. The van der Waals surface area contributed by atoms with Crippen LogP contribution < -0.4 is 0 Å². The largest absolute Gasteiger partial charge is 0.263 e. The van der Waals surface area contributed by atoms with Crippen molar-refractivity contribution in [3.8, 4) is 5.69 Å². The molecule has 0 unspecified atom stereocenters. The number of rotatable bonds is 3. The fraction of sp³-hybridized carbons (Fsp3) is 0.214. The maximum absolute atomic E-state index is 4.43. The van der Waals surface area contributed by atoms with Gasteiger partial charge >= 0.3 is 0 Å². The minimum Gasteiger partial charge on any atom is -0.263 e. The molecule has 0 bridgehead atoms. The van der Waals surface area contributed by atoms with Gasteiger partial charge in [-0.15, -0.1) is 5.10 Å². The lowest BCUT2D eigenvalue weighted by Crippen LogP contribution is -2.04. The van der Waals surface area contributed by atoms with E-state index >= 15 is 0 Å². The van der Waals surface area contributed by atoms with Gasteiger partial charge < -0.3 is 0 Å². The Hall–Kier alpha value is -2.43. The lowest BCUT2D eigenvalue weighted by atomic mass is 10.3. The Labute approximate surface area is 111 Å². The molecule has 96 valence electrons. The zero-order chi connectivity index (χ0) is 13.2. The van der Waals surface area contributed by atoms with Gasteiger partial charge in [0.05, 0.1) is 24.1 Å². The Morgan fingerprint density at radius 3 is 2.58 bits per heavy atom. The van der Waals surface area contributed by atoms with Crippen molar-refractivity contribution in [1.29, 1.82) is 0 Å². The second kappa shape index (κ2) is 4.68. The number of aromatic nitrogens is 5. The zero-order valence-electron chi connectivity index (χ0n) is 11.0. The normalized spacial score (nSPS) is 10.8. The topological polar surface area (TPSA) is 48.5 Å². The van der Waals surface area contributed by atoms with E-state index in [0.29, 0.717) is 6.54 Å². The molecule has 0 radical (unpaired) electrons. The van der Waals surface area contributed by atoms with Gasteiger partial charge in [0.15, 0.2) is 0 Å². The molecule has 0 atom stereocenters. The summed E-state index contributed by atoms with van der Waals surface area (Å²) in [4.78, 5) is 0. The van der Waals surface area contributed by atoms with Gasteiger partial charge in [-0.1, -0.05) is 23.4 Å². The monoisotopic (exact) mass is 253 g/mol. The number of hydrogen-bond donors (Lipinski definition) is 0. The van der Waals surface area contributed by atoms with Crippen LogP contribution in [0.15, 0.2) is 42.6 Å². The maximum Gasteiger partial charge on any atom is 0.105 e. The third kappa shape index (κ3) is 2.40. The summed E-state index contributed by atoms with van der Waals surface area (Å²) >= 11 is 0. The van der Waals surface area contributed by atoms with E-state index in [1.165, 1.54) is 0 Å². The van der Waals surface area contributed by atoms with Crippen LogP contribution in [0.4, 0.5) is 0 Å². The summed E-state index contributed by atoms with van der Waals surface area (Å²) in [6.07, 6.45) is 1.94. The van der Waals surface area contributed by atoms with Crippen LogP contribution >= 0.6 is 0 Å². The van der Waals surface area contributed by atoms with Crippen molar-refractivity contribution >= 4 is 0 Å². The van der Waals surface area contributed by atoms with E-state index in [1.54, 1.807) is 4.68 Å². The van der Waals surface area contributed by atoms with Crippen LogP contribution in [0.25, 0.3) is 5.69 Å². The van der Waals surface area contributed by atoms with E-state index in [4.69, 9.17) is 0 Å². The highest BCUT2D eigenvalue weighted by Crippen LogP contribution is 2.08. The van der Waals surface area contributed by atoms with Crippen LogP contribution in [0.5, 0.6) is 0 Å². The van der Waals surface area contributed by atoms with Crippen LogP contribution in [0, 0.1) is 13.8 Å². The van der Waals surface area contributed by atoms with E-state index in [0.717, 1.165) is 22.8 Å². The van der Waals surface area contributed by atoms with E-state index in [1.807, 2.05) is 55.1 Å². The van der Waals surface area contributed by atoms with Gasteiger partial charge in [0, 0.05) is 5.69 Å². The van der Waals surface area contributed by atoms with Gasteiger partial charge in [-0.3, -0.25) is 4.68 Å². The third-order valence-corrected chi connectivity index (χ3v) is 2.98. The first-order valence-electron chi connectivity index (χ1n) is 6.20. The molecular weight excluding hydrogens is 238 g/mol. The first-order valence-corrected chi connectivity index (χ1v) is 6.20. The highest BCUT2D eigenvalue weighted by atomic mass is 15.4. The van der Waals surface area contributed by atoms with Crippen LogP contribution in [-0.2, 0) is 6.54 Å². The van der Waals surface area contributed by atoms with Gasteiger partial charge in [0.2, 0.25) is 0 Å². The molecule has 2 heterocycles. The SMILES string of the molecule is Cc1cc(C)n(Cc2cn(-c3ccccc3)nn2)n1. The van der Waals surface area contributed by atoms with Crippen molar-refractivity contribution in [2.24, 2.45) is 0 Å². The molecule has 5 heteroatoms. The molecule has 19 heavy (non-hydrogen) atoms. The van der Waals surface area contributed by atoms with Crippen molar-refractivity contribution in [2.75, 3.05) is 0 Å². The highest BCUT2D eigenvalue weighted by Gasteiger charge is 2.06. The minimum absolute atomic E-state index is 0.645. The Morgan fingerprint density at radius 2 is 1.89 bits per heavy atom. The molecule has 0 aliphatic carbocycles. The first kappa shape index (κ1) is 11.6. The second-order valence-electron chi connectivity index (χ2n) is 4.57. The molecule has 0 spiro atoms. The maximum atomic E-state index is 4.43. The number of para-hydroxylation sites is 1. The molecule has 0 fully saturated rings. The minimum atomic E-state index is 0.645.